The molecule has 5 nitrogen and oxygen atoms in total. The maximum absolute atomic E-state index is 11.4. The Morgan fingerprint density at radius 1 is 1.73 bits per heavy atom. The van der Waals surface area contributed by atoms with Gasteiger partial charge in [-0.2, -0.15) is 0 Å². The molecule has 1 rings (SSSR count). The van der Waals surface area contributed by atoms with Gasteiger partial charge in [0.05, 0.1) is 13.2 Å². The lowest BCUT2D eigenvalue weighted by Crippen LogP contribution is -2.51. The van der Waals surface area contributed by atoms with E-state index in [-0.39, 0.29) is 13.2 Å². The number of esters is 1. The van der Waals surface area contributed by atoms with Crippen molar-refractivity contribution in [2.75, 3.05) is 26.4 Å². The van der Waals surface area contributed by atoms with Crippen LogP contribution in [0.2, 0.25) is 0 Å². The smallest absolute Gasteiger partial charge is 0.335 e. The van der Waals surface area contributed by atoms with Gasteiger partial charge in [0.2, 0.25) is 0 Å². The third-order valence-electron chi connectivity index (χ3n) is 2.85. The highest BCUT2D eigenvalue weighted by atomic mass is 16.5. The lowest BCUT2D eigenvalue weighted by Gasteiger charge is -2.38. The summed E-state index contributed by atoms with van der Waals surface area (Å²) in [4.78, 5) is 11.4. The average molecular weight is 217 g/mol. The van der Waals surface area contributed by atoms with E-state index in [1.807, 2.05) is 0 Å². The minimum absolute atomic E-state index is 0.229. The van der Waals surface area contributed by atoms with Crippen LogP contribution >= 0.6 is 0 Å². The first-order valence-electron chi connectivity index (χ1n) is 5.29. The van der Waals surface area contributed by atoms with Crippen molar-refractivity contribution in [1.29, 1.82) is 0 Å². The Hall–Kier alpha value is -0.650. The Bertz CT molecular complexity index is 213. The van der Waals surface area contributed by atoms with Gasteiger partial charge in [0.15, 0.2) is 6.10 Å². The molecule has 0 aromatic rings. The maximum atomic E-state index is 11.4. The minimum atomic E-state index is -1.18. The Morgan fingerprint density at radius 2 is 2.47 bits per heavy atom. The number of hydrogen-bond donors (Lipinski definition) is 2. The molecule has 15 heavy (non-hydrogen) atoms. The summed E-state index contributed by atoms with van der Waals surface area (Å²) in [7, 11) is 0. The number of hydrogen-bond acceptors (Lipinski definition) is 5. The molecule has 0 aliphatic carbocycles. The van der Waals surface area contributed by atoms with Gasteiger partial charge in [-0.05, 0) is 19.8 Å². The number of aliphatic hydroxyl groups is 1. The lowest BCUT2D eigenvalue weighted by molar-refractivity contribution is -0.167. The highest BCUT2D eigenvalue weighted by molar-refractivity contribution is 5.75. The van der Waals surface area contributed by atoms with E-state index >= 15 is 0 Å². The molecule has 0 saturated carbocycles. The second-order valence-electron chi connectivity index (χ2n) is 3.88. The zero-order valence-corrected chi connectivity index (χ0v) is 9.07. The quantitative estimate of drug-likeness (QED) is 0.630. The Morgan fingerprint density at radius 3 is 2.93 bits per heavy atom. The fourth-order valence-corrected chi connectivity index (χ4v) is 1.83. The molecule has 2 atom stereocenters. The first kappa shape index (κ1) is 12.4. The van der Waals surface area contributed by atoms with E-state index < -0.39 is 17.5 Å². The summed E-state index contributed by atoms with van der Waals surface area (Å²) in [6.07, 6.45) is 0.333. The molecule has 1 heterocycles. The van der Waals surface area contributed by atoms with Crippen molar-refractivity contribution < 1.29 is 19.4 Å². The highest BCUT2D eigenvalue weighted by Crippen LogP contribution is 2.31. The molecular weight excluding hydrogens is 198 g/mol. The monoisotopic (exact) mass is 217 g/mol. The number of rotatable bonds is 4. The maximum Gasteiger partial charge on any atom is 0.335 e. The third kappa shape index (κ3) is 2.68. The van der Waals surface area contributed by atoms with Crippen LogP contribution in [-0.2, 0) is 14.3 Å². The zero-order valence-electron chi connectivity index (χ0n) is 9.07. The Kier molecular flexibility index (Phi) is 4.50. The van der Waals surface area contributed by atoms with E-state index in [2.05, 4.69) is 0 Å². The summed E-state index contributed by atoms with van der Waals surface area (Å²) in [6, 6.07) is 0. The second-order valence-corrected chi connectivity index (χ2v) is 3.88. The average Bonchev–Trinajstić information content (AvgIpc) is 2.29. The number of ether oxygens (including phenoxy) is 2. The molecule has 0 bridgehead atoms. The van der Waals surface area contributed by atoms with E-state index in [9.17, 15) is 9.90 Å². The van der Waals surface area contributed by atoms with Gasteiger partial charge in [0.25, 0.3) is 0 Å². The zero-order chi connectivity index (χ0) is 11.3. The van der Waals surface area contributed by atoms with Crippen LogP contribution in [0.25, 0.3) is 0 Å². The van der Waals surface area contributed by atoms with Crippen LogP contribution < -0.4 is 5.73 Å². The molecule has 1 saturated heterocycles. The molecule has 5 heteroatoms. The van der Waals surface area contributed by atoms with Crippen LogP contribution in [0.1, 0.15) is 19.8 Å². The van der Waals surface area contributed by atoms with Crippen LogP contribution in [0.5, 0.6) is 0 Å². The summed E-state index contributed by atoms with van der Waals surface area (Å²) in [6.45, 7) is 3.18. The van der Waals surface area contributed by atoms with E-state index in [0.717, 1.165) is 6.42 Å². The Balaban J connectivity index is 2.66. The highest BCUT2D eigenvalue weighted by Gasteiger charge is 2.43. The van der Waals surface area contributed by atoms with Crippen molar-refractivity contribution in [3.05, 3.63) is 0 Å². The van der Waals surface area contributed by atoms with Gasteiger partial charge in [-0.15, -0.1) is 0 Å². The lowest BCUT2D eigenvalue weighted by atomic mass is 9.77. The van der Waals surface area contributed by atoms with E-state index in [4.69, 9.17) is 15.2 Å². The minimum Gasteiger partial charge on any atom is -0.464 e. The van der Waals surface area contributed by atoms with Gasteiger partial charge >= 0.3 is 5.97 Å². The molecular formula is C10H19NO4. The molecule has 1 aliphatic rings. The van der Waals surface area contributed by atoms with Crippen LogP contribution in [0.4, 0.5) is 0 Å². The topological polar surface area (TPSA) is 81.8 Å². The van der Waals surface area contributed by atoms with Crippen molar-refractivity contribution in [3.63, 3.8) is 0 Å². The van der Waals surface area contributed by atoms with Crippen molar-refractivity contribution in [3.8, 4) is 0 Å². The van der Waals surface area contributed by atoms with Gasteiger partial charge < -0.3 is 20.3 Å². The molecule has 0 aromatic carbocycles. The van der Waals surface area contributed by atoms with Crippen molar-refractivity contribution in [2.45, 2.75) is 25.9 Å². The molecule has 0 aromatic heterocycles. The normalized spacial score (nSPS) is 28.5. The molecule has 0 amide bonds. The summed E-state index contributed by atoms with van der Waals surface area (Å²) in [5, 5.41) is 9.89. The third-order valence-corrected chi connectivity index (χ3v) is 2.85. The predicted octanol–water partition coefficient (Wildman–Crippen LogP) is -0.334. The van der Waals surface area contributed by atoms with Crippen LogP contribution in [0.3, 0.4) is 0 Å². The SMILES string of the molecule is CCOC(=O)C(O)C1(CN)CCCOC1. The van der Waals surface area contributed by atoms with Crippen LogP contribution in [0, 0.1) is 5.41 Å². The largest absolute Gasteiger partial charge is 0.464 e. The summed E-state index contributed by atoms with van der Waals surface area (Å²) in [5.74, 6) is -0.603. The van der Waals surface area contributed by atoms with Crippen LogP contribution in [-0.4, -0.2) is 43.5 Å². The summed E-state index contributed by atoms with van der Waals surface area (Å²) in [5.41, 5.74) is 4.96. The molecule has 0 spiro atoms. The molecule has 3 N–H and O–H groups in total. The molecule has 1 aliphatic heterocycles. The predicted molar refractivity (Wildman–Crippen MR) is 54.2 cm³/mol. The first-order chi connectivity index (χ1) is 7.16. The second kappa shape index (κ2) is 5.44. The molecule has 1 fully saturated rings. The van der Waals surface area contributed by atoms with Gasteiger partial charge in [0, 0.05) is 18.6 Å². The summed E-state index contributed by atoms with van der Waals surface area (Å²) >= 11 is 0. The van der Waals surface area contributed by atoms with Gasteiger partial charge in [-0.3, -0.25) is 0 Å². The summed E-state index contributed by atoms with van der Waals surface area (Å²) < 4.78 is 10.1. The van der Waals surface area contributed by atoms with E-state index in [1.54, 1.807) is 6.92 Å². The van der Waals surface area contributed by atoms with Crippen molar-refractivity contribution in [1.82, 2.24) is 0 Å². The van der Waals surface area contributed by atoms with Gasteiger partial charge in [-0.25, -0.2) is 4.79 Å². The molecule has 0 radical (unpaired) electrons. The fraction of sp³-hybridized carbons (Fsp3) is 0.900. The van der Waals surface area contributed by atoms with E-state index in [0.29, 0.717) is 19.6 Å². The number of carbonyl (C=O) groups excluding carboxylic acids is 1. The van der Waals surface area contributed by atoms with Gasteiger partial charge in [-0.1, -0.05) is 0 Å². The van der Waals surface area contributed by atoms with Crippen molar-refractivity contribution >= 4 is 5.97 Å². The standard InChI is InChI=1S/C10H19NO4/c1-2-15-9(13)8(12)10(6-11)4-3-5-14-7-10/h8,12H,2-7,11H2,1H3. The Labute approximate surface area is 89.5 Å². The molecule has 88 valence electrons. The van der Waals surface area contributed by atoms with Gasteiger partial charge in [0.1, 0.15) is 0 Å². The molecule has 2 unspecified atom stereocenters. The van der Waals surface area contributed by atoms with E-state index in [1.165, 1.54) is 0 Å². The number of aliphatic hydroxyl groups excluding tert-OH is 1. The van der Waals surface area contributed by atoms with Crippen molar-refractivity contribution in [2.24, 2.45) is 11.1 Å². The fourth-order valence-electron chi connectivity index (χ4n) is 1.83. The van der Waals surface area contributed by atoms with Crippen LogP contribution in [0.15, 0.2) is 0 Å². The number of nitrogens with two attached hydrogens (primary N) is 1. The number of carbonyl (C=O) groups is 1. The first-order valence-corrected chi connectivity index (χ1v) is 5.29.